The third kappa shape index (κ3) is 6.57. The molecule has 2 aromatic carbocycles. The summed E-state index contributed by atoms with van der Waals surface area (Å²) in [5.74, 6) is -0.0873. The van der Waals surface area contributed by atoms with Crippen LogP contribution in [0.1, 0.15) is 35.7 Å². The summed E-state index contributed by atoms with van der Waals surface area (Å²) < 4.78 is 16.0. The highest BCUT2D eigenvalue weighted by molar-refractivity contribution is 5.89. The molecule has 0 radical (unpaired) electrons. The van der Waals surface area contributed by atoms with E-state index in [0.29, 0.717) is 24.5 Å². The average molecular weight is 413 g/mol. The average Bonchev–Trinajstić information content (AvgIpc) is 3.23. The Morgan fingerprint density at radius 1 is 1.03 bits per heavy atom. The maximum Gasteiger partial charge on any atom is 0.338 e. The molecule has 0 bridgehead atoms. The zero-order chi connectivity index (χ0) is 21.2. The Kier molecular flexibility index (Phi) is 8.23. The van der Waals surface area contributed by atoms with Crippen molar-refractivity contribution in [1.29, 1.82) is 0 Å². The highest BCUT2D eigenvalue weighted by atomic mass is 16.7. The van der Waals surface area contributed by atoms with E-state index in [0.717, 1.165) is 24.9 Å². The lowest BCUT2D eigenvalue weighted by atomic mass is 10.2. The topological polar surface area (TPSA) is 74.3 Å². The molecule has 0 unspecified atom stereocenters. The Hall–Kier alpha value is -2.90. The van der Waals surface area contributed by atoms with Gasteiger partial charge in [0.05, 0.1) is 18.2 Å². The lowest BCUT2D eigenvalue weighted by molar-refractivity contribution is -0.193. The molecule has 0 amide bonds. The maximum atomic E-state index is 11.9. The number of carbonyl (C=O) groups excluding carboxylic acids is 2. The predicted octanol–water partition coefficient (Wildman–Crippen LogP) is 3.38. The zero-order valence-corrected chi connectivity index (χ0v) is 17.1. The fraction of sp³-hybridized carbons (Fsp3) is 0.391. The molecule has 0 saturated carbocycles. The van der Waals surface area contributed by atoms with Gasteiger partial charge in [-0.25, -0.2) is 9.59 Å². The summed E-state index contributed by atoms with van der Waals surface area (Å²) in [7, 11) is 0. The number of carbonyl (C=O) groups is 2. The van der Waals surface area contributed by atoms with Gasteiger partial charge >= 0.3 is 11.9 Å². The van der Waals surface area contributed by atoms with Crippen molar-refractivity contribution in [2.75, 3.05) is 26.4 Å². The SMILES string of the molecule is CCOC(=O)c1ccc(OC[C@@H]2CCCN2OCC(=O)OCc2ccccc2)cc1. The molecule has 0 aromatic heterocycles. The molecule has 1 heterocycles. The van der Waals surface area contributed by atoms with Crippen molar-refractivity contribution in [1.82, 2.24) is 5.06 Å². The standard InChI is InChI=1S/C23H27NO6/c1-2-27-23(26)19-10-12-21(13-11-19)28-16-20-9-6-14-24(20)30-17-22(25)29-15-18-7-4-3-5-8-18/h3-5,7-8,10-13,20H,2,6,9,14-17H2,1H3/t20-/m0/s1. The second kappa shape index (κ2) is 11.3. The summed E-state index contributed by atoms with van der Waals surface area (Å²) >= 11 is 0. The third-order valence-corrected chi connectivity index (χ3v) is 4.72. The van der Waals surface area contributed by atoms with Crippen molar-refractivity contribution in [3.63, 3.8) is 0 Å². The number of hydrogen-bond donors (Lipinski definition) is 0. The van der Waals surface area contributed by atoms with Gasteiger partial charge in [-0.1, -0.05) is 30.3 Å². The number of hydroxylamine groups is 2. The van der Waals surface area contributed by atoms with E-state index < -0.39 is 5.97 Å². The lowest BCUT2D eigenvalue weighted by Crippen LogP contribution is -2.36. The molecule has 0 aliphatic carbocycles. The lowest BCUT2D eigenvalue weighted by Gasteiger charge is -2.23. The first-order valence-electron chi connectivity index (χ1n) is 10.1. The van der Waals surface area contributed by atoms with Crippen LogP contribution < -0.4 is 4.74 Å². The first kappa shape index (κ1) is 21.8. The van der Waals surface area contributed by atoms with Crippen LogP contribution in [-0.2, 0) is 25.7 Å². The molecule has 0 spiro atoms. The minimum absolute atomic E-state index is 0.0525. The van der Waals surface area contributed by atoms with Crippen molar-refractivity contribution in [3.8, 4) is 5.75 Å². The van der Waals surface area contributed by atoms with E-state index in [-0.39, 0.29) is 25.2 Å². The molecular formula is C23H27NO6. The summed E-state index contributed by atoms with van der Waals surface area (Å²) in [5.41, 5.74) is 1.43. The van der Waals surface area contributed by atoms with E-state index in [1.54, 1.807) is 36.3 Å². The van der Waals surface area contributed by atoms with Gasteiger partial charge < -0.3 is 14.2 Å². The quantitative estimate of drug-likeness (QED) is 0.553. The molecule has 1 fully saturated rings. The van der Waals surface area contributed by atoms with Gasteiger partial charge in [-0.05, 0) is 49.6 Å². The Balaban J connectivity index is 1.40. The Morgan fingerprint density at radius 2 is 1.80 bits per heavy atom. The first-order valence-corrected chi connectivity index (χ1v) is 10.1. The minimum atomic E-state index is -0.403. The van der Waals surface area contributed by atoms with Crippen LogP contribution in [0.2, 0.25) is 0 Å². The number of hydrogen-bond acceptors (Lipinski definition) is 7. The largest absolute Gasteiger partial charge is 0.492 e. The van der Waals surface area contributed by atoms with Crippen LogP contribution in [0.15, 0.2) is 54.6 Å². The van der Waals surface area contributed by atoms with Crippen molar-refractivity contribution in [2.45, 2.75) is 32.4 Å². The van der Waals surface area contributed by atoms with Crippen LogP contribution >= 0.6 is 0 Å². The van der Waals surface area contributed by atoms with Crippen molar-refractivity contribution < 1.29 is 28.6 Å². The molecule has 7 nitrogen and oxygen atoms in total. The first-order chi connectivity index (χ1) is 14.7. The smallest absolute Gasteiger partial charge is 0.338 e. The number of rotatable bonds is 10. The fourth-order valence-electron chi connectivity index (χ4n) is 3.16. The monoisotopic (exact) mass is 413 g/mol. The number of benzene rings is 2. The van der Waals surface area contributed by atoms with Gasteiger partial charge in [0, 0.05) is 6.54 Å². The second-order valence-electron chi connectivity index (χ2n) is 6.91. The molecular weight excluding hydrogens is 386 g/mol. The van der Waals surface area contributed by atoms with Gasteiger partial charge in [0.1, 0.15) is 19.0 Å². The maximum absolute atomic E-state index is 11.9. The third-order valence-electron chi connectivity index (χ3n) is 4.72. The van der Waals surface area contributed by atoms with E-state index in [2.05, 4.69) is 0 Å². The van der Waals surface area contributed by atoms with E-state index >= 15 is 0 Å². The van der Waals surface area contributed by atoms with E-state index in [1.807, 2.05) is 30.3 Å². The van der Waals surface area contributed by atoms with Crippen molar-refractivity contribution >= 4 is 11.9 Å². The number of nitrogens with zero attached hydrogens (tertiary/aromatic N) is 1. The molecule has 1 aliphatic rings. The van der Waals surface area contributed by atoms with Crippen LogP contribution in [0, 0.1) is 0 Å². The van der Waals surface area contributed by atoms with Crippen LogP contribution in [0.4, 0.5) is 0 Å². The normalized spacial score (nSPS) is 16.2. The summed E-state index contributed by atoms with van der Waals surface area (Å²) in [5, 5.41) is 1.79. The van der Waals surface area contributed by atoms with Crippen LogP contribution in [-0.4, -0.2) is 49.4 Å². The molecule has 30 heavy (non-hydrogen) atoms. The van der Waals surface area contributed by atoms with Crippen LogP contribution in [0.5, 0.6) is 5.75 Å². The second-order valence-corrected chi connectivity index (χ2v) is 6.91. The highest BCUT2D eigenvalue weighted by Crippen LogP contribution is 2.20. The molecule has 1 atom stereocenters. The van der Waals surface area contributed by atoms with E-state index in [9.17, 15) is 9.59 Å². The van der Waals surface area contributed by atoms with Gasteiger partial charge in [0.25, 0.3) is 0 Å². The van der Waals surface area contributed by atoms with Gasteiger partial charge in [-0.15, -0.1) is 0 Å². The zero-order valence-electron chi connectivity index (χ0n) is 17.1. The Labute approximate surface area is 176 Å². The van der Waals surface area contributed by atoms with E-state index in [1.165, 1.54) is 0 Å². The molecule has 160 valence electrons. The van der Waals surface area contributed by atoms with Crippen LogP contribution in [0.3, 0.4) is 0 Å². The van der Waals surface area contributed by atoms with E-state index in [4.69, 9.17) is 19.0 Å². The number of ether oxygens (including phenoxy) is 3. The molecule has 0 N–H and O–H groups in total. The molecule has 2 aromatic rings. The molecule has 1 saturated heterocycles. The molecule has 7 heteroatoms. The summed E-state index contributed by atoms with van der Waals surface area (Å²) in [6, 6.07) is 16.4. The van der Waals surface area contributed by atoms with Crippen molar-refractivity contribution in [3.05, 3.63) is 65.7 Å². The summed E-state index contributed by atoms with van der Waals surface area (Å²) in [6.07, 6.45) is 1.88. The van der Waals surface area contributed by atoms with Gasteiger partial charge in [-0.3, -0.25) is 4.84 Å². The molecule has 1 aliphatic heterocycles. The predicted molar refractivity (Wildman–Crippen MR) is 110 cm³/mol. The van der Waals surface area contributed by atoms with Gasteiger partial charge in [0.15, 0.2) is 6.61 Å². The molecule has 3 rings (SSSR count). The van der Waals surface area contributed by atoms with Gasteiger partial charge in [0.2, 0.25) is 0 Å². The summed E-state index contributed by atoms with van der Waals surface area (Å²) in [6.45, 7) is 3.39. The Bertz CT molecular complexity index is 808. The fourth-order valence-corrected chi connectivity index (χ4v) is 3.16. The Morgan fingerprint density at radius 3 is 2.53 bits per heavy atom. The number of esters is 2. The van der Waals surface area contributed by atoms with Gasteiger partial charge in [-0.2, -0.15) is 5.06 Å². The summed E-state index contributed by atoms with van der Waals surface area (Å²) in [4.78, 5) is 29.3. The van der Waals surface area contributed by atoms with Crippen molar-refractivity contribution in [2.24, 2.45) is 0 Å². The minimum Gasteiger partial charge on any atom is -0.492 e. The highest BCUT2D eigenvalue weighted by Gasteiger charge is 2.27. The van der Waals surface area contributed by atoms with Crippen LogP contribution in [0.25, 0.3) is 0 Å².